The van der Waals surface area contributed by atoms with Gasteiger partial charge in [0, 0.05) is 50.2 Å². The quantitative estimate of drug-likeness (QED) is 0.834. The molecule has 1 aliphatic rings. The Morgan fingerprint density at radius 2 is 2.00 bits per heavy atom. The summed E-state index contributed by atoms with van der Waals surface area (Å²) in [6.07, 6.45) is 1.20. The smallest absolute Gasteiger partial charge is 0.222 e. The van der Waals surface area contributed by atoms with Gasteiger partial charge >= 0.3 is 0 Å². The first kappa shape index (κ1) is 17.0. The molecule has 0 aliphatic carbocycles. The molecule has 1 amide bonds. The summed E-state index contributed by atoms with van der Waals surface area (Å²) < 4.78 is 5.10. The number of amides is 1. The van der Waals surface area contributed by atoms with Gasteiger partial charge in [-0.2, -0.15) is 0 Å². The predicted molar refractivity (Wildman–Crippen MR) is 92.9 cm³/mol. The van der Waals surface area contributed by atoms with Crippen LogP contribution in [0.4, 0.5) is 0 Å². The molecule has 2 aromatic rings. The minimum atomic E-state index is 0.201. The highest BCUT2D eigenvalue weighted by molar-refractivity contribution is 6.31. The molecule has 2 heterocycles. The van der Waals surface area contributed by atoms with Gasteiger partial charge in [0.1, 0.15) is 5.76 Å². The Morgan fingerprint density at radius 3 is 2.67 bits per heavy atom. The molecule has 3 rings (SSSR count). The predicted octanol–water partition coefficient (Wildman–Crippen LogP) is 2.91. The average molecular weight is 348 g/mol. The highest BCUT2D eigenvalue weighted by Gasteiger charge is 2.21. The SMILES string of the molecule is Cc1cc(CN2CCN(C(=O)CCc3ccccc3Cl)CC2)no1. The van der Waals surface area contributed by atoms with Crippen molar-refractivity contribution in [1.82, 2.24) is 15.0 Å². The number of aryl methyl sites for hydroxylation is 2. The highest BCUT2D eigenvalue weighted by atomic mass is 35.5. The maximum Gasteiger partial charge on any atom is 0.222 e. The van der Waals surface area contributed by atoms with E-state index in [1.165, 1.54) is 0 Å². The minimum absolute atomic E-state index is 0.201. The molecule has 128 valence electrons. The number of carbonyl (C=O) groups is 1. The van der Waals surface area contributed by atoms with Gasteiger partial charge in [0.15, 0.2) is 0 Å². The van der Waals surface area contributed by atoms with Crippen LogP contribution >= 0.6 is 11.6 Å². The second-order valence-electron chi connectivity index (χ2n) is 6.18. The Balaban J connectivity index is 1.44. The van der Waals surface area contributed by atoms with E-state index in [2.05, 4.69) is 10.1 Å². The standard InChI is InChI=1S/C18H22ClN3O2/c1-14-12-16(20-24-14)13-21-8-10-22(11-9-21)18(23)7-6-15-4-2-3-5-17(15)19/h2-5,12H,6-11,13H2,1H3. The van der Waals surface area contributed by atoms with E-state index in [1.54, 1.807) is 0 Å². The van der Waals surface area contributed by atoms with Crippen LogP contribution in [0.2, 0.25) is 5.02 Å². The van der Waals surface area contributed by atoms with Gasteiger partial charge in [-0.1, -0.05) is 35.0 Å². The van der Waals surface area contributed by atoms with Crippen molar-refractivity contribution in [1.29, 1.82) is 0 Å². The number of hydrogen-bond acceptors (Lipinski definition) is 4. The molecule has 1 aromatic heterocycles. The van der Waals surface area contributed by atoms with Crippen molar-refractivity contribution in [3.63, 3.8) is 0 Å². The van der Waals surface area contributed by atoms with Crippen molar-refractivity contribution in [3.05, 3.63) is 52.4 Å². The van der Waals surface area contributed by atoms with E-state index in [4.69, 9.17) is 16.1 Å². The van der Waals surface area contributed by atoms with E-state index < -0.39 is 0 Å². The maximum atomic E-state index is 12.4. The van der Waals surface area contributed by atoms with Crippen molar-refractivity contribution < 1.29 is 9.32 Å². The largest absolute Gasteiger partial charge is 0.361 e. The van der Waals surface area contributed by atoms with Gasteiger partial charge in [-0.15, -0.1) is 0 Å². The fourth-order valence-electron chi connectivity index (χ4n) is 2.98. The van der Waals surface area contributed by atoms with E-state index in [1.807, 2.05) is 42.2 Å². The number of aromatic nitrogens is 1. The highest BCUT2D eigenvalue weighted by Crippen LogP contribution is 2.17. The monoisotopic (exact) mass is 347 g/mol. The molecule has 6 heteroatoms. The lowest BCUT2D eigenvalue weighted by Crippen LogP contribution is -2.48. The van der Waals surface area contributed by atoms with E-state index in [0.717, 1.165) is 54.8 Å². The van der Waals surface area contributed by atoms with E-state index in [0.29, 0.717) is 12.8 Å². The lowest BCUT2D eigenvalue weighted by Gasteiger charge is -2.34. The number of carbonyl (C=O) groups excluding carboxylic acids is 1. The summed E-state index contributed by atoms with van der Waals surface area (Å²) in [5.74, 6) is 1.03. The summed E-state index contributed by atoms with van der Waals surface area (Å²) in [7, 11) is 0. The fraction of sp³-hybridized carbons (Fsp3) is 0.444. The Hall–Kier alpha value is -1.85. The van der Waals surface area contributed by atoms with Gasteiger partial charge in [-0.3, -0.25) is 9.69 Å². The Morgan fingerprint density at radius 1 is 1.25 bits per heavy atom. The first-order valence-corrected chi connectivity index (χ1v) is 8.65. The number of nitrogens with zero attached hydrogens (tertiary/aromatic N) is 3. The van der Waals surface area contributed by atoms with Crippen molar-refractivity contribution in [2.24, 2.45) is 0 Å². The second-order valence-corrected chi connectivity index (χ2v) is 6.58. The third-order valence-electron chi connectivity index (χ3n) is 4.35. The molecule has 1 saturated heterocycles. The number of benzene rings is 1. The fourth-order valence-corrected chi connectivity index (χ4v) is 3.21. The first-order chi connectivity index (χ1) is 11.6. The van der Waals surface area contributed by atoms with Crippen LogP contribution < -0.4 is 0 Å². The number of rotatable bonds is 5. The molecule has 0 saturated carbocycles. The van der Waals surface area contributed by atoms with Crippen LogP contribution in [0.1, 0.15) is 23.4 Å². The Bertz CT molecular complexity index is 693. The molecule has 24 heavy (non-hydrogen) atoms. The molecule has 1 fully saturated rings. The molecular formula is C18H22ClN3O2. The zero-order chi connectivity index (χ0) is 16.9. The van der Waals surface area contributed by atoms with Gasteiger partial charge < -0.3 is 9.42 Å². The molecule has 0 spiro atoms. The zero-order valence-corrected chi connectivity index (χ0v) is 14.6. The minimum Gasteiger partial charge on any atom is -0.361 e. The van der Waals surface area contributed by atoms with Crippen LogP contribution in [0.25, 0.3) is 0 Å². The molecule has 0 unspecified atom stereocenters. The normalized spacial score (nSPS) is 15.7. The van der Waals surface area contributed by atoms with Gasteiger partial charge in [-0.25, -0.2) is 0 Å². The summed E-state index contributed by atoms with van der Waals surface area (Å²) in [6, 6.07) is 9.67. The maximum absolute atomic E-state index is 12.4. The van der Waals surface area contributed by atoms with E-state index in [-0.39, 0.29) is 5.91 Å². The molecule has 0 N–H and O–H groups in total. The summed E-state index contributed by atoms with van der Waals surface area (Å²) in [5, 5.41) is 4.76. The molecule has 0 atom stereocenters. The van der Waals surface area contributed by atoms with E-state index >= 15 is 0 Å². The van der Waals surface area contributed by atoms with Crippen molar-refractivity contribution >= 4 is 17.5 Å². The topological polar surface area (TPSA) is 49.6 Å². The van der Waals surface area contributed by atoms with Crippen LogP contribution in [0.15, 0.2) is 34.9 Å². The van der Waals surface area contributed by atoms with Gasteiger partial charge in [0.2, 0.25) is 5.91 Å². The van der Waals surface area contributed by atoms with Crippen molar-refractivity contribution in [2.45, 2.75) is 26.3 Å². The van der Waals surface area contributed by atoms with Crippen LogP contribution in [0, 0.1) is 6.92 Å². The van der Waals surface area contributed by atoms with Crippen LogP contribution in [0.5, 0.6) is 0 Å². The van der Waals surface area contributed by atoms with Crippen molar-refractivity contribution in [2.75, 3.05) is 26.2 Å². The molecule has 0 bridgehead atoms. The summed E-state index contributed by atoms with van der Waals surface area (Å²) in [5.41, 5.74) is 1.98. The molecule has 1 aromatic carbocycles. The van der Waals surface area contributed by atoms with Crippen LogP contribution in [-0.2, 0) is 17.8 Å². The van der Waals surface area contributed by atoms with Gasteiger partial charge in [-0.05, 0) is 25.0 Å². The average Bonchev–Trinajstić information content (AvgIpc) is 2.99. The number of halogens is 1. The van der Waals surface area contributed by atoms with Crippen LogP contribution in [-0.4, -0.2) is 47.0 Å². The summed E-state index contributed by atoms with van der Waals surface area (Å²) >= 11 is 6.15. The third-order valence-corrected chi connectivity index (χ3v) is 4.72. The molecule has 5 nitrogen and oxygen atoms in total. The van der Waals surface area contributed by atoms with Crippen molar-refractivity contribution in [3.8, 4) is 0 Å². The number of hydrogen-bond donors (Lipinski definition) is 0. The molecule has 0 radical (unpaired) electrons. The lowest BCUT2D eigenvalue weighted by atomic mass is 10.1. The summed E-state index contributed by atoms with van der Waals surface area (Å²) in [6.45, 7) is 5.93. The van der Waals surface area contributed by atoms with Crippen LogP contribution in [0.3, 0.4) is 0 Å². The summed E-state index contributed by atoms with van der Waals surface area (Å²) in [4.78, 5) is 16.6. The first-order valence-electron chi connectivity index (χ1n) is 8.27. The van der Waals surface area contributed by atoms with Gasteiger partial charge in [0.05, 0.1) is 5.69 Å². The Labute approximate surface area is 147 Å². The third kappa shape index (κ3) is 4.36. The van der Waals surface area contributed by atoms with E-state index in [9.17, 15) is 4.79 Å². The zero-order valence-electron chi connectivity index (χ0n) is 13.9. The molecule has 1 aliphatic heterocycles. The number of piperazine rings is 1. The van der Waals surface area contributed by atoms with Gasteiger partial charge in [0.25, 0.3) is 0 Å². The second kappa shape index (κ2) is 7.81. The molecular weight excluding hydrogens is 326 g/mol. The Kier molecular flexibility index (Phi) is 5.53. The lowest BCUT2D eigenvalue weighted by molar-refractivity contribution is -0.133.